The summed E-state index contributed by atoms with van der Waals surface area (Å²) in [5.74, 6) is 0. The zero-order valence-corrected chi connectivity index (χ0v) is 11.9. The molecule has 0 aromatic heterocycles. The number of nitrogen functional groups attached to an aromatic ring is 2. The van der Waals surface area contributed by atoms with Gasteiger partial charge < -0.3 is 26.6 Å². The second kappa shape index (κ2) is 6.97. The van der Waals surface area contributed by atoms with E-state index in [1.54, 1.807) is 0 Å². The molecule has 0 aliphatic carbocycles. The monoisotopic (exact) mass is 287 g/mol. The molecule has 5 heteroatoms. The van der Waals surface area contributed by atoms with Crippen LogP contribution >= 0.6 is 0 Å². The Labute approximate surface area is 124 Å². The summed E-state index contributed by atoms with van der Waals surface area (Å²) in [5, 5.41) is 18.4. The first kappa shape index (κ1) is 15.2. The van der Waals surface area contributed by atoms with Crippen molar-refractivity contribution in [3.8, 4) is 11.1 Å². The van der Waals surface area contributed by atoms with Gasteiger partial charge in [0.05, 0.1) is 13.2 Å². The third-order valence-corrected chi connectivity index (χ3v) is 3.30. The summed E-state index contributed by atoms with van der Waals surface area (Å²) in [4.78, 5) is 1.93. The predicted molar refractivity (Wildman–Crippen MR) is 87.1 cm³/mol. The number of hydrogen-bond donors (Lipinski definition) is 4. The Balaban J connectivity index is 2.50. The average Bonchev–Trinajstić information content (AvgIpc) is 2.47. The van der Waals surface area contributed by atoms with Crippen LogP contribution in [0.15, 0.2) is 42.5 Å². The van der Waals surface area contributed by atoms with Crippen LogP contribution < -0.4 is 16.4 Å². The van der Waals surface area contributed by atoms with Gasteiger partial charge in [-0.05, 0) is 35.9 Å². The molecule has 0 unspecified atom stereocenters. The maximum absolute atomic E-state index is 9.22. The molecule has 0 aliphatic rings. The normalized spacial score (nSPS) is 10.6. The first-order valence-corrected chi connectivity index (χ1v) is 6.88. The Morgan fingerprint density at radius 3 is 2.14 bits per heavy atom. The highest BCUT2D eigenvalue weighted by molar-refractivity contribution is 5.82. The molecular formula is C16H21N3O2. The molecule has 0 atom stereocenters. The lowest BCUT2D eigenvalue weighted by Gasteiger charge is -2.26. The van der Waals surface area contributed by atoms with Crippen LogP contribution in [-0.4, -0.2) is 36.5 Å². The zero-order valence-electron chi connectivity index (χ0n) is 11.9. The van der Waals surface area contributed by atoms with E-state index in [2.05, 4.69) is 0 Å². The predicted octanol–water partition coefficient (Wildman–Crippen LogP) is 1.31. The van der Waals surface area contributed by atoms with E-state index in [0.717, 1.165) is 16.8 Å². The number of benzene rings is 2. The smallest absolute Gasteiger partial charge is 0.0606 e. The number of aliphatic hydroxyl groups is 2. The molecule has 112 valence electrons. The van der Waals surface area contributed by atoms with Gasteiger partial charge >= 0.3 is 0 Å². The number of hydrogen-bond acceptors (Lipinski definition) is 5. The molecule has 6 N–H and O–H groups in total. The molecule has 2 rings (SSSR count). The van der Waals surface area contributed by atoms with Crippen LogP contribution in [0.1, 0.15) is 0 Å². The van der Waals surface area contributed by atoms with Crippen LogP contribution in [0.4, 0.5) is 17.1 Å². The molecule has 0 heterocycles. The fourth-order valence-corrected chi connectivity index (χ4v) is 2.36. The Hall–Kier alpha value is -2.24. The molecule has 2 aromatic rings. The highest BCUT2D eigenvalue weighted by Crippen LogP contribution is 2.33. The number of anilines is 3. The number of aliphatic hydroxyl groups excluding tert-OH is 2. The quantitative estimate of drug-likeness (QED) is 0.601. The van der Waals surface area contributed by atoms with Gasteiger partial charge in [0.2, 0.25) is 0 Å². The number of nitrogens with zero attached hydrogens (tertiary/aromatic N) is 1. The van der Waals surface area contributed by atoms with Crippen molar-refractivity contribution in [2.75, 3.05) is 42.7 Å². The Bertz CT molecular complexity index is 596. The fourth-order valence-electron chi connectivity index (χ4n) is 2.36. The van der Waals surface area contributed by atoms with E-state index in [1.165, 1.54) is 0 Å². The van der Waals surface area contributed by atoms with Gasteiger partial charge in [-0.15, -0.1) is 0 Å². The highest BCUT2D eigenvalue weighted by Gasteiger charge is 2.12. The van der Waals surface area contributed by atoms with E-state index < -0.39 is 0 Å². The standard InChI is InChI=1S/C16H21N3O2/c17-13-3-1-2-12(10-13)15-11-14(18)4-5-16(15)19(6-8-20)7-9-21/h1-5,10-11,20-21H,6-9,17-18H2. The van der Waals surface area contributed by atoms with Crippen LogP contribution in [-0.2, 0) is 0 Å². The maximum Gasteiger partial charge on any atom is 0.0606 e. The van der Waals surface area contributed by atoms with Gasteiger partial charge in [0.1, 0.15) is 0 Å². The third kappa shape index (κ3) is 3.65. The van der Waals surface area contributed by atoms with Crippen molar-refractivity contribution in [2.45, 2.75) is 0 Å². The molecule has 0 aliphatic heterocycles. The highest BCUT2D eigenvalue weighted by atomic mass is 16.3. The second-order valence-corrected chi connectivity index (χ2v) is 4.84. The first-order chi connectivity index (χ1) is 10.2. The largest absolute Gasteiger partial charge is 0.399 e. The molecule has 2 aromatic carbocycles. The molecule has 5 nitrogen and oxygen atoms in total. The van der Waals surface area contributed by atoms with Gasteiger partial charge in [0.15, 0.2) is 0 Å². The third-order valence-electron chi connectivity index (χ3n) is 3.30. The van der Waals surface area contributed by atoms with Crippen molar-refractivity contribution in [3.63, 3.8) is 0 Å². The van der Waals surface area contributed by atoms with Crippen molar-refractivity contribution in [3.05, 3.63) is 42.5 Å². The molecule has 0 bridgehead atoms. The van der Waals surface area contributed by atoms with Crippen molar-refractivity contribution in [1.82, 2.24) is 0 Å². The summed E-state index contributed by atoms with van der Waals surface area (Å²) in [6.07, 6.45) is 0. The van der Waals surface area contributed by atoms with Crippen molar-refractivity contribution in [1.29, 1.82) is 0 Å². The van der Waals surface area contributed by atoms with Crippen LogP contribution in [0.3, 0.4) is 0 Å². The summed E-state index contributed by atoms with van der Waals surface area (Å²) in [7, 11) is 0. The topological polar surface area (TPSA) is 95.7 Å². The minimum atomic E-state index is 0.0146. The van der Waals surface area contributed by atoms with Gasteiger partial charge in [-0.3, -0.25) is 0 Å². The Morgan fingerprint density at radius 2 is 1.52 bits per heavy atom. The van der Waals surface area contributed by atoms with Gasteiger partial charge in [-0.25, -0.2) is 0 Å². The van der Waals surface area contributed by atoms with Crippen LogP contribution in [0.25, 0.3) is 11.1 Å². The zero-order chi connectivity index (χ0) is 15.2. The molecular weight excluding hydrogens is 266 g/mol. The van der Waals surface area contributed by atoms with E-state index in [1.807, 2.05) is 47.4 Å². The molecule has 0 saturated carbocycles. The minimum Gasteiger partial charge on any atom is -0.399 e. The van der Waals surface area contributed by atoms with Crippen LogP contribution in [0.5, 0.6) is 0 Å². The SMILES string of the molecule is Nc1cccc(-c2cc(N)ccc2N(CCO)CCO)c1. The number of rotatable bonds is 6. The van der Waals surface area contributed by atoms with E-state index in [0.29, 0.717) is 24.5 Å². The molecule has 0 fully saturated rings. The lowest BCUT2D eigenvalue weighted by atomic mass is 10.0. The summed E-state index contributed by atoms with van der Waals surface area (Å²) >= 11 is 0. The summed E-state index contributed by atoms with van der Waals surface area (Å²) in [5.41, 5.74) is 15.9. The minimum absolute atomic E-state index is 0.0146. The number of nitrogens with two attached hydrogens (primary N) is 2. The molecule has 0 saturated heterocycles. The lowest BCUT2D eigenvalue weighted by Crippen LogP contribution is -2.30. The van der Waals surface area contributed by atoms with Gasteiger partial charge in [-0.2, -0.15) is 0 Å². The van der Waals surface area contributed by atoms with E-state index >= 15 is 0 Å². The Morgan fingerprint density at radius 1 is 0.857 bits per heavy atom. The van der Waals surface area contributed by atoms with Gasteiger partial charge in [0, 0.05) is 35.7 Å². The second-order valence-electron chi connectivity index (χ2n) is 4.84. The van der Waals surface area contributed by atoms with Crippen molar-refractivity contribution in [2.24, 2.45) is 0 Å². The maximum atomic E-state index is 9.22. The van der Waals surface area contributed by atoms with Crippen molar-refractivity contribution < 1.29 is 10.2 Å². The summed E-state index contributed by atoms with van der Waals surface area (Å²) < 4.78 is 0. The van der Waals surface area contributed by atoms with Gasteiger partial charge in [-0.1, -0.05) is 12.1 Å². The molecule has 0 amide bonds. The Kier molecular flexibility index (Phi) is 5.03. The molecule has 0 radical (unpaired) electrons. The van der Waals surface area contributed by atoms with E-state index in [4.69, 9.17) is 11.5 Å². The van der Waals surface area contributed by atoms with Crippen molar-refractivity contribution >= 4 is 17.1 Å². The average molecular weight is 287 g/mol. The molecule has 21 heavy (non-hydrogen) atoms. The van der Waals surface area contributed by atoms with Crippen LogP contribution in [0.2, 0.25) is 0 Å². The van der Waals surface area contributed by atoms with E-state index in [9.17, 15) is 10.2 Å². The summed E-state index contributed by atoms with van der Waals surface area (Å²) in [6, 6.07) is 13.2. The lowest BCUT2D eigenvalue weighted by molar-refractivity contribution is 0.281. The van der Waals surface area contributed by atoms with Gasteiger partial charge in [0.25, 0.3) is 0 Å². The first-order valence-electron chi connectivity index (χ1n) is 6.88. The summed E-state index contributed by atoms with van der Waals surface area (Å²) in [6.45, 7) is 0.918. The van der Waals surface area contributed by atoms with Crippen LogP contribution in [0, 0.1) is 0 Å². The molecule has 0 spiro atoms. The van der Waals surface area contributed by atoms with E-state index in [-0.39, 0.29) is 13.2 Å². The fraction of sp³-hybridized carbons (Fsp3) is 0.250.